The van der Waals surface area contributed by atoms with Crippen molar-refractivity contribution in [2.24, 2.45) is 11.7 Å². The van der Waals surface area contributed by atoms with E-state index in [1.54, 1.807) is 27.7 Å². The third-order valence-electron chi connectivity index (χ3n) is 4.39. The van der Waals surface area contributed by atoms with E-state index >= 15 is 0 Å². The first-order valence-corrected chi connectivity index (χ1v) is 9.97. The van der Waals surface area contributed by atoms with E-state index < -0.39 is 41.9 Å². The van der Waals surface area contributed by atoms with Crippen LogP contribution in [0.4, 0.5) is 4.79 Å². The lowest BCUT2D eigenvalue weighted by molar-refractivity contribution is -0.139. The Hall–Kier alpha value is -3.14. The van der Waals surface area contributed by atoms with Crippen molar-refractivity contribution in [1.29, 1.82) is 0 Å². The van der Waals surface area contributed by atoms with Crippen LogP contribution in [0.1, 0.15) is 52.0 Å². The van der Waals surface area contributed by atoms with Crippen molar-refractivity contribution < 1.29 is 43.2 Å². The monoisotopic (exact) mass is 439 g/mol. The number of rotatable bonds is 11. The Bertz CT molecular complexity index is 793. The van der Waals surface area contributed by atoms with Crippen LogP contribution in [-0.2, 0) is 23.9 Å². The lowest BCUT2D eigenvalue weighted by Gasteiger charge is -2.27. The van der Waals surface area contributed by atoms with Gasteiger partial charge in [0.05, 0.1) is 13.2 Å². The molecule has 0 aliphatic heterocycles. The summed E-state index contributed by atoms with van der Waals surface area (Å²) in [6.07, 6.45) is -0.693. The highest BCUT2D eigenvalue weighted by Gasteiger charge is 2.32. The maximum atomic E-state index is 11.8. The van der Waals surface area contributed by atoms with E-state index in [9.17, 15) is 24.3 Å². The summed E-state index contributed by atoms with van der Waals surface area (Å²) in [6, 6.07) is 2.98. The lowest BCUT2D eigenvalue weighted by atomic mass is 9.82. The van der Waals surface area contributed by atoms with Crippen LogP contribution in [0.15, 0.2) is 18.2 Å². The summed E-state index contributed by atoms with van der Waals surface area (Å²) in [4.78, 5) is 46.6. The van der Waals surface area contributed by atoms with Gasteiger partial charge in [-0.05, 0) is 30.5 Å². The third kappa shape index (κ3) is 7.89. The molecule has 31 heavy (non-hydrogen) atoms. The molecule has 0 saturated heterocycles. The van der Waals surface area contributed by atoms with Gasteiger partial charge in [0.15, 0.2) is 11.5 Å². The second-order valence-electron chi connectivity index (χ2n) is 6.72. The highest BCUT2D eigenvalue weighted by Crippen LogP contribution is 2.36. The molecule has 10 nitrogen and oxygen atoms in total. The highest BCUT2D eigenvalue weighted by molar-refractivity contribution is 5.77. The topological polar surface area (TPSA) is 151 Å². The van der Waals surface area contributed by atoms with Crippen LogP contribution >= 0.6 is 0 Å². The number of carboxylic acids is 1. The first-order valence-electron chi connectivity index (χ1n) is 9.97. The number of hydrogen-bond acceptors (Lipinski definition) is 9. The molecular formula is C21H29NO9. The molecule has 0 bridgehead atoms. The van der Waals surface area contributed by atoms with Crippen molar-refractivity contribution in [2.45, 2.75) is 52.5 Å². The molecular weight excluding hydrogens is 410 g/mol. The standard InChI is InChI=1S/C21H29NO9/c1-5-16(23)30-14-9-8-13(10-15(14)31-17(24)6-2)18(19(22)20(25)26)12(4)11-29-21(27)28-7-3/h8-10,12,18-19H,5-7,11,22H2,1-4H3,(H,25,26)/t12?,18?,19-/m0/s1. The van der Waals surface area contributed by atoms with E-state index in [0.29, 0.717) is 5.56 Å². The number of carbonyl (C=O) groups excluding carboxylic acids is 3. The maximum Gasteiger partial charge on any atom is 0.508 e. The van der Waals surface area contributed by atoms with Gasteiger partial charge in [-0.25, -0.2) is 4.79 Å². The van der Waals surface area contributed by atoms with Crippen LogP contribution in [-0.4, -0.2) is 48.4 Å². The zero-order chi connectivity index (χ0) is 23.6. The average Bonchev–Trinajstić information content (AvgIpc) is 2.73. The van der Waals surface area contributed by atoms with Gasteiger partial charge in [-0.3, -0.25) is 14.4 Å². The van der Waals surface area contributed by atoms with Crippen LogP contribution in [0, 0.1) is 5.92 Å². The van der Waals surface area contributed by atoms with Gasteiger partial charge >= 0.3 is 24.1 Å². The normalized spacial score (nSPS) is 13.5. The summed E-state index contributed by atoms with van der Waals surface area (Å²) in [5.41, 5.74) is 6.32. The molecule has 0 aliphatic carbocycles. The minimum absolute atomic E-state index is 0.0236. The Balaban J connectivity index is 3.30. The fraction of sp³-hybridized carbons (Fsp3) is 0.524. The Kier molecular flexibility index (Phi) is 10.5. The molecule has 1 rings (SSSR count). The Morgan fingerprint density at radius 3 is 2.06 bits per heavy atom. The van der Waals surface area contributed by atoms with E-state index in [1.165, 1.54) is 18.2 Å². The zero-order valence-electron chi connectivity index (χ0n) is 18.1. The summed E-state index contributed by atoms with van der Waals surface area (Å²) < 4.78 is 20.2. The van der Waals surface area contributed by atoms with Gasteiger partial charge in [0.1, 0.15) is 6.04 Å². The molecule has 1 aromatic rings. The predicted molar refractivity (Wildman–Crippen MR) is 109 cm³/mol. The van der Waals surface area contributed by atoms with Crippen LogP contribution in [0.5, 0.6) is 11.5 Å². The Morgan fingerprint density at radius 2 is 1.55 bits per heavy atom. The Morgan fingerprint density at radius 1 is 0.968 bits per heavy atom. The number of benzene rings is 1. The number of aliphatic carboxylic acids is 1. The van der Waals surface area contributed by atoms with Gasteiger partial charge in [-0.2, -0.15) is 0 Å². The van der Waals surface area contributed by atoms with Gasteiger partial charge in [0, 0.05) is 18.8 Å². The molecule has 0 aliphatic rings. The first-order chi connectivity index (χ1) is 14.6. The summed E-state index contributed by atoms with van der Waals surface area (Å²) in [6.45, 7) is 6.48. The van der Waals surface area contributed by atoms with Crippen molar-refractivity contribution in [2.75, 3.05) is 13.2 Å². The molecule has 0 amide bonds. The number of esters is 2. The van der Waals surface area contributed by atoms with Crippen molar-refractivity contribution >= 4 is 24.1 Å². The highest BCUT2D eigenvalue weighted by atomic mass is 16.7. The van der Waals surface area contributed by atoms with Crippen LogP contribution in [0.25, 0.3) is 0 Å². The molecule has 0 fully saturated rings. The van der Waals surface area contributed by atoms with Crippen molar-refractivity contribution in [3.05, 3.63) is 23.8 Å². The SMILES string of the molecule is CCOC(=O)OCC(C)C(c1ccc(OC(=O)CC)c(OC(=O)CC)c1)[C@H](N)C(=O)O. The number of carboxylic acid groups (broad SMARTS) is 1. The molecule has 0 aromatic heterocycles. The minimum Gasteiger partial charge on any atom is -0.480 e. The number of carbonyl (C=O) groups is 4. The summed E-state index contributed by atoms with van der Waals surface area (Å²) in [5, 5.41) is 9.47. The van der Waals surface area contributed by atoms with Crippen molar-refractivity contribution in [1.82, 2.24) is 0 Å². The third-order valence-corrected chi connectivity index (χ3v) is 4.39. The smallest absolute Gasteiger partial charge is 0.480 e. The average molecular weight is 439 g/mol. The summed E-state index contributed by atoms with van der Waals surface area (Å²) >= 11 is 0. The second-order valence-corrected chi connectivity index (χ2v) is 6.72. The molecule has 0 radical (unpaired) electrons. The van der Waals surface area contributed by atoms with Gasteiger partial charge in [0.2, 0.25) is 0 Å². The summed E-state index contributed by atoms with van der Waals surface area (Å²) in [7, 11) is 0. The fourth-order valence-corrected chi connectivity index (χ4v) is 2.79. The van der Waals surface area contributed by atoms with Crippen LogP contribution < -0.4 is 15.2 Å². The van der Waals surface area contributed by atoms with Gasteiger partial charge in [0.25, 0.3) is 0 Å². The van der Waals surface area contributed by atoms with E-state index in [1.807, 2.05) is 0 Å². The Labute approximate surface area is 180 Å². The summed E-state index contributed by atoms with van der Waals surface area (Å²) in [5.74, 6) is -3.72. The number of hydrogen-bond donors (Lipinski definition) is 2. The molecule has 1 aromatic carbocycles. The molecule has 10 heteroatoms. The first kappa shape index (κ1) is 25.9. The van der Waals surface area contributed by atoms with E-state index in [4.69, 9.17) is 24.7 Å². The van der Waals surface area contributed by atoms with Crippen molar-refractivity contribution in [3.63, 3.8) is 0 Å². The molecule has 0 spiro atoms. The largest absolute Gasteiger partial charge is 0.508 e. The van der Waals surface area contributed by atoms with E-state index in [2.05, 4.69) is 0 Å². The van der Waals surface area contributed by atoms with Crippen LogP contribution in [0.3, 0.4) is 0 Å². The minimum atomic E-state index is -1.35. The lowest BCUT2D eigenvalue weighted by Crippen LogP contribution is -2.40. The number of ether oxygens (including phenoxy) is 4. The molecule has 172 valence electrons. The second kappa shape index (κ2) is 12.5. The number of nitrogens with two attached hydrogens (primary N) is 1. The molecule has 0 saturated carbocycles. The zero-order valence-corrected chi connectivity index (χ0v) is 18.1. The van der Waals surface area contributed by atoms with Gasteiger partial charge in [-0.1, -0.05) is 26.8 Å². The van der Waals surface area contributed by atoms with Gasteiger partial charge in [-0.15, -0.1) is 0 Å². The van der Waals surface area contributed by atoms with E-state index in [-0.39, 0.29) is 37.6 Å². The molecule has 2 unspecified atom stereocenters. The van der Waals surface area contributed by atoms with E-state index in [0.717, 1.165) is 0 Å². The van der Waals surface area contributed by atoms with Gasteiger partial charge < -0.3 is 29.8 Å². The molecule has 3 N–H and O–H groups in total. The fourth-order valence-electron chi connectivity index (χ4n) is 2.79. The van der Waals surface area contributed by atoms with Crippen LogP contribution in [0.2, 0.25) is 0 Å². The van der Waals surface area contributed by atoms with Crippen molar-refractivity contribution in [3.8, 4) is 11.5 Å². The maximum absolute atomic E-state index is 11.8. The molecule has 3 atom stereocenters. The predicted octanol–water partition coefficient (Wildman–Crippen LogP) is 2.62. The quantitative estimate of drug-likeness (QED) is 0.389. The molecule has 0 heterocycles.